The molecule has 1 aromatic heterocycles. The number of aliphatic imine (C=N–C) groups is 1. The van der Waals surface area contributed by atoms with E-state index in [1.807, 2.05) is 54.2 Å². The summed E-state index contributed by atoms with van der Waals surface area (Å²) in [4.78, 5) is 8.49. The Morgan fingerprint density at radius 3 is 2.81 bits per heavy atom. The predicted molar refractivity (Wildman–Crippen MR) is 125 cm³/mol. The number of pyridine rings is 1. The minimum atomic E-state index is 0. The molecule has 1 heterocycles. The van der Waals surface area contributed by atoms with Crippen molar-refractivity contribution in [3.8, 4) is 5.75 Å². The van der Waals surface area contributed by atoms with E-state index in [4.69, 9.17) is 4.74 Å². The molecule has 0 aliphatic carbocycles. The lowest BCUT2D eigenvalue weighted by Gasteiger charge is -2.11. The number of guanidine groups is 1. The summed E-state index contributed by atoms with van der Waals surface area (Å²) in [5.41, 5.74) is 0.990. The van der Waals surface area contributed by atoms with E-state index in [-0.39, 0.29) is 24.0 Å². The van der Waals surface area contributed by atoms with Crippen LogP contribution in [0.1, 0.15) is 5.69 Å². The topological polar surface area (TPSA) is 58.5 Å². The standard InChI is InChI=1S/C18H23BrN4OS.HI/c1-20-18(23-14-16-6-2-3-8-21-16)22-9-11-25-12-10-24-17-7-4-5-15(19)13-17;/h2-8,13H,9-12,14H2,1H3,(H2,20,22,23);1H. The number of thioether (sulfide) groups is 1. The maximum Gasteiger partial charge on any atom is 0.191 e. The summed E-state index contributed by atoms with van der Waals surface area (Å²) in [6.07, 6.45) is 1.79. The zero-order valence-corrected chi connectivity index (χ0v) is 19.4. The summed E-state index contributed by atoms with van der Waals surface area (Å²) in [7, 11) is 1.77. The van der Waals surface area contributed by atoms with Gasteiger partial charge in [0.2, 0.25) is 0 Å². The Labute approximate surface area is 185 Å². The molecule has 1 aromatic carbocycles. The van der Waals surface area contributed by atoms with Gasteiger partial charge >= 0.3 is 0 Å². The Kier molecular flexibility index (Phi) is 12.5. The van der Waals surface area contributed by atoms with Crippen LogP contribution in [0.2, 0.25) is 0 Å². The molecule has 8 heteroatoms. The molecule has 2 aromatic rings. The number of ether oxygens (including phenoxy) is 1. The van der Waals surface area contributed by atoms with Gasteiger partial charge in [-0.2, -0.15) is 11.8 Å². The van der Waals surface area contributed by atoms with Gasteiger partial charge in [0.25, 0.3) is 0 Å². The molecule has 0 fully saturated rings. The monoisotopic (exact) mass is 550 g/mol. The Bertz CT molecular complexity index is 661. The first-order valence-corrected chi connectivity index (χ1v) is 10.0. The van der Waals surface area contributed by atoms with E-state index in [2.05, 4.69) is 36.5 Å². The van der Waals surface area contributed by atoms with Crippen molar-refractivity contribution >= 4 is 57.6 Å². The zero-order valence-electron chi connectivity index (χ0n) is 14.7. The van der Waals surface area contributed by atoms with Crippen LogP contribution in [0, 0.1) is 0 Å². The summed E-state index contributed by atoms with van der Waals surface area (Å²) in [5, 5.41) is 6.55. The fourth-order valence-corrected chi connectivity index (χ4v) is 3.05. The number of hydrogen-bond acceptors (Lipinski definition) is 4. The lowest BCUT2D eigenvalue weighted by atomic mass is 10.3. The van der Waals surface area contributed by atoms with Crippen LogP contribution in [0.3, 0.4) is 0 Å². The van der Waals surface area contributed by atoms with Crippen molar-refractivity contribution in [2.45, 2.75) is 6.54 Å². The molecule has 0 bridgehead atoms. The molecule has 0 aliphatic rings. The van der Waals surface area contributed by atoms with Crippen molar-refractivity contribution in [3.05, 3.63) is 58.8 Å². The molecule has 2 N–H and O–H groups in total. The number of rotatable bonds is 9. The first kappa shape index (κ1) is 23.0. The molecule has 26 heavy (non-hydrogen) atoms. The second-order valence-electron chi connectivity index (χ2n) is 5.09. The highest BCUT2D eigenvalue weighted by molar-refractivity contribution is 14.0. The van der Waals surface area contributed by atoms with Crippen LogP contribution in [-0.4, -0.2) is 42.6 Å². The Morgan fingerprint density at radius 2 is 2.08 bits per heavy atom. The van der Waals surface area contributed by atoms with Gasteiger partial charge in [-0.05, 0) is 30.3 Å². The predicted octanol–water partition coefficient (Wildman–Crippen LogP) is 3.94. The smallest absolute Gasteiger partial charge is 0.191 e. The van der Waals surface area contributed by atoms with E-state index in [9.17, 15) is 0 Å². The van der Waals surface area contributed by atoms with E-state index in [1.54, 1.807) is 13.2 Å². The highest BCUT2D eigenvalue weighted by Gasteiger charge is 1.99. The number of hydrogen-bond donors (Lipinski definition) is 2. The summed E-state index contributed by atoms with van der Waals surface area (Å²) in [6, 6.07) is 13.8. The lowest BCUT2D eigenvalue weighted by molar-refractivity contribution is 0.344. The number of halogens is 2. The van der Waals surface area contributed by atoms with Crippen molar-refractivity contribution in [3.63, 3.8) is 0 Å². The fraction of sp³-hybridized carbons (Fsp3) is 0.333. The summed E-state index contributed by atoms with van der Waals surface area (Å²) < 4.78 is 6.74. The molecule has 0 spiro atoms. The molecule has 142 valence electrons. The van der Waals surface area contributed by atoms with Gasteiger partial charge in [0.15, 0.2) is 5.96 Å². The van der Waals surface area contributed by atoms with Crippen LogP contribution in [0.15, 0.2) is 58.1 Å². The van der Waals surface area contributed by atoms with Crippen molar-refractivity contribution in [2.24, 2.45) is 4.99 Å². The van der Waals surface area contributed by atoms with Gasteiger partial charge in [0.05, 0.1) is 18.8 Å². The number of nitrogens with zero attached hydrogens (tertiary/aromatic N) is 2. The molecular weight excluding hydrogens is 527 g/mol. The molecule has 0 radical (unpaired) electrons. The molecular formula is C18H24BrIN4OS. The molecule has 0 amide bonds. The second-order valence-corrected chi connectivity index (χ2v) is 7.23. The average molecular weight is 551 g/mol. The van der Waals surface area contributed by atoms with E-state index < -0.39 is 0 Å². The summed E-state index contributed by atoms with van der Waals surface area (Å²) >= 11 is 5.29. The van der Waals surface area contributed by atoms with Crippen LogP contribution in [-0.2, 0) is 6.54 Å². The Hall–Kier alpha value is -1.000. The van der Waals surface area contributed by atoms with Crippen LogP contribution in [0.5, 0.6) is 5.75 Å². The van der Waals surface area contributed by atoms with Gasteiger partial charge in [-0.3, -0.25) is 9.98 Å². The Balaban J connectivity index is 0.00000338. The van der Waals surface area contributed by atoms with E-state index in [0.29, 0.717) is 13.2 Å². The van der Waals surface area contributed by atoms with Crippen molar-refractivity contribution in [1.29, 1.82) is 0 Å². The molecule has 2 rings (SSSR count). The fourth-order valence-electron chi connectivity index (χ4n) is 2.02. The van der Waals surface area contributed by atoms with E-state index >= 15 is 0 Å². The first-order chi connectivity index (χ1) is 12.3. The summed E-state index contributed by atoms with van der Waals surface area (Å²) in [6.45, 7) is 2.21. The average Bonchev–Trinajstić information content (AvgIpc) is 2.64. The number of aromatic nitrogens is 1. The number of nitrogens with one attached hydrogen (secondary N) is 2. The largest absolute Gasteiger partial charge is 0.493 e. The van der Waals surface area contributed by atoms with Gasteiger partial charge in [0.1, 0.15) is 5.75 Å². The van der Waals surface area contributed by atoms with Gasteiger partial charge in [-0.15, -0.1) is 24.0 Å². The van der Waals surface area contributed by atoms with Crippen molar-refractivity contribution < 1.29 is 4.74 Å². The van der Waals surface area contributed by atoms with Crippen LogP contribution in [0.25, 0.3) is 0 Å². The van der Waals surface area contributed by atoms with Crippen LogP contribution >= 0.6 is 51.7 Å². The molecule has 0 unspecified atom stereocenters. The molecule has 0 atom stereocenters. The third-order valence-corrected chi connectivity index (χ3v) is 4.66. The minimum Gasteiger partial charge on any atom is -0.493 e. The third-order valence-electron chi connectivity index (χ3n) is 3.22. The second kappa shape index (κ2) is 14.1. The minimum absolute atomic E-state index is 0. The van der Waals surface area contributed by atoms with Gasteiger partial charge in [-0.25, -0.2) is 0 Å². The van der Waals surface area contributed by atoms with Gasteiger partial charge in [-0.1, -0.05) is 28.1 Å². The lowest BCUT2D eigenvalue weighted by Crippen LogP contribution is -2.38. The van der Waals surface area contributed by atoms with Gasteiger partial charge in [0, 0.05) is 35.8 Å². The highest BCUT2D eigenvalue weighted by atomic mass is 127. The van der Waals surface area contributed by atoms with Crippen LogP contribution in [0.4, 0.5) is 0 Å². The summed E-state index contributed by atoms with van der Waals surface area (Å²) in [5.74, 6) is 3.63. The first-order valence-electron chi connectivity index (χ1n) is 8.08. The van der Waals surface area contributed by atoms with E-state index in [0.717, 1.165) is 39.9 Å². The number of benzene rings is 1. The maximum absolute atomic E-state index is 5.71. The quantitative estimate of drug-likeness (QED) is 0.214. The third kappa shape index (κ3) is 9.63. The molecule has 5 nitrogen and oxygen atoms in total. The maximum atomic E-state index is 5.71. The zero-order chi connectivity index (χ0) is 17.7. The van der Waals surface area contributed by atoms with Crippen molar-refractivity contribution in [1.82, 2.24) is 15.6 Å². The van der Waals surface area contributed by atoms with E-state index in [1.165, 1.54) is 0 Å². The Morgan fingerprint density at radius 1 is 1.19 bits per heavy atom. The van der Waals surface area contributed by atoms with Gasteiger partial charge < -0.3 is 15.4 Å². The highest BCUT2D eigenvalue weighted by Crippen LogP contribution is 2.17. The molecule has 0 saturated heterocycles. The normalized spacial score (nSPS) is 10.8. The SMILES string of the molecule is CN=C(NCCSCCOc1cccc(Br)c1)NCc1ccccn1.I. The van der Waals surface area contributed by atoms with Crippen LogP contribution < -0.4 is 15.4 Å². The molecule has 0 aliphatic heterocycles. The molecule has 0 saturated carbocycles. The van der Waals surface area contributed by atoms with Crippen molar-refractivity contribution in [2.75, 3.05) is 31.7 Å².